The Hall–Kier alpha value is -2.91. The molecule has 0 radical (unpaired) electrons. The van der Waals surface area contributed by atoms with Gasteiger partial charge in [-0.1, -0.05) is 6.92 Å². The average Bonchev–Trinajstić information content (AvgIpc) is 3.29. The average molecular weight is 375 g/mol. The highest BCUT2D eigenvalue weighted by atomic mass is 19.3. The van der Waals surface area contributed by atoms with Gasteiger partial charge in [0.05, 0.1) is 5.69 Å². The van der Waals surface area contributed by atoms with Gasteiger partial charge in [0.25, 0.3) is 18.1 Å². The summed E-state index contributed by atoms with van der Waals surface area (Å²) in [5, 5.41) is 8.19. The molecule has 1 unspecified atom stereocenters. The van der Waals surface area contributed by atoms with Gasteiger partial charge < -0.3 is 4.90 Å². The van der Waals surface area contributed by atoms with E-state index in [1.54, 1.807) is 24.2 Å². The normalized spacial score (nSPS) is 20.6. The van der Waals surface area contributed by atoms with Gasteiger partial charge in [0.1, 0.15) is 17.7 Å². The van der Waals surface area contributed by atoms with Crippen molar-refractivity contribution >= 4 is 11.7 Å². The summed E-state index contributed by atoms with van der Waals surface area (Å²) < 4.78 is 29.6. The Morgan fingerprint density at radius 1 is 1.33 bits per heavy atom. The summed E-state index contributed by atoms with van der Waals surface area (Å²) in [6.07, 6.45) is 0.939. The lowest BCUT2D eigenvalue weighted by Gasteiger charge is -2.37. The van der Waals surface area contributed by atoms with E-state index in [4.69, 9.17) is 0 Å². The number of piperidine rings is 1. The van der Waals surface area contributed by atoms with Gasteiger partial charge in [0.2, 0.25) is 0 Å². The molecule has 1 aliphatic heterocycles. The highest BCUT2D eigenvalue weighted by molar-refractivity contribution is 5.92. The first-order valence-corrected chi connectivity index (χ1v) is 8.71. The van der Waals surface area contributed by atoms with E-state index in [1.807, 2.05) is 0 Å². The number of hydrogen-bond donors (Lipinski definition) is 0. The van der Waals surface area contributed by atoms with E-state index in [0.29, 0.717) is 24.5 Å². The quantitative estimate of drug-likeness (QED) is 0.700. The molecule has 1 aliphatic rings. The lowest BCUT2D eigenvalue weighted by atomic mass is 9.84. The van der Waals surface area contributed by atoms with Crippen LogP contribution in [-0.2, 0) is 7.05 Å². The van der Waals surface area contributed by atoms with Crippen molar-refractivity contribution in [2.45, 2.75) is 25.7 Å². The molecule has 3 aromatic heterocycles. The predicted octanol–water partition coefficient (Wildman–Crippen LogP) is 2.06. The summed E-state index contributed by atoms with van der Waals surface area (Å²) in [7, 11) is 1.72. The monoisotopic (exact) mass is 375 g/mol. The standard InChI is InChI=1S/C17H19F2N7O/c1-10-4-6-25(16(27)13-3-5-21-24(13)2)8-11(10)14-7-12(15(18)19)23-17-20-9-22-26(14)17/h3,5,7,9-11,15H,4,6,8H2,1-2H3/t10?,11-/m1/s1. The third-order valence-electron chi connectivity index (χ3n) is 5.19. The van der Waals surface area contributed by atoms with Crippen molar-refractivity contribution in [1.29, 1.82) is 0 Å². The maximum absolute atomic E-state index is 13.3. The van der Waals surface area contributed by atoms with Crippen molar-refractivity contribution in [3.05, 3.63) is 41.7 Å². The first-order valence-electron chi connectivity index (χ1n) is 8.71. The Balaban J connectivity index is 1.70. The summed E-state index contributed by atoms with van der Waals surface area (Å²) in [6.45, 7) is 3.07. The van der Waals surface area contributed by atoms with Gasteiger partial charge >= 0.3 is 0 Å². The van der Waals surface area contributed by atoms with Gasteiger partial charge in [-0.3, -0.25) is 9.48 Å². The molecule has 10 heteroatoms. The number of aryl methyl sites for hydroxylation is 1. The van der Waals surface area contributed by atoms with E-state index in [0.717, 1.165) is 6.42 Å². The van der Waals surface area contributed by atoms with Crippen molar-refractivity contribution in [1.82, 2.24) is 34.3 Å². The molecule has 4 rings (SSSR count). The zero-order valence-electron chi connectivity index (χ0n) is 15.0. The molecule has 27 heavy (non-hydrogen) atoms. The molecule has 0 spiro atoms. The largest absolute Gasteiger partial charge is 0.337 e. The minimum Gasteiger partial charge on any atom is -0.337 e. The molecule has 0 bridgehead atoms. The van der Waals surface area contributed by atoms with Crippen molar-refractivity contribution in [2.75, 3.05) is 13.1 Å². The summed E-state index contributed by atoms with van der Waals surface area (Å²) >= 11 is 0. The molecule has 142 valence electrons. The lowest BCUT2D eigenvalue weighted by Crippen LogP contribution is -2.43. The molecule has 0 N–H and O–H groups in total. The second kappa shape index (κ2) is 6.67. The molecule has 1 amide bonds. The number of carbonyl (C=O) groups excluding carboxylic acids is 1. The Labute approximate surface area is 153 Å². The maximum atomic E-state index is 13.3. The van der Waals surface area contributed by atoms with Crippen LogP contribution in [0, 0.1) is 5.92 Å². The van der Waals surface area contributed by atoms with Crippen LogP contribution in [0.3, 0.4) is 0 Å². The number of likely N-dealkylation sites (tertiary alicyclic amines) is 1. The summed E-state index contributed by atoms with van der Waals surface area (Å²) in [5.74, 6) is 0.0662. The molecule has 0 aliphatic carbocycles. The van der Waals surface area contributed by atoms with Gasteiger partial charge in [0.15, 0.2) is 0 Å². The Morgan fingerprint density at radius 2 is 2.15 bits per heavy atom. The highest BCUT2D eigenvalue weighted by Crippen LogP contribution is 2.34. The van der Waals surface area contributed by atoms with Crippen LogP contribution < -0.4 is 0 Å². The van der Waals surface area contributed by atoms with Gasteiger partial charge in [-0.2, -0.15) is 15.2 Å². The van der Waals surface area contributed by atoms with Crippen LogP contribution in [0.2, 0.25) is 0 Å². The van der Waals surface area contributed by atoms with E-state index >= 15 is 0 Å². The lowest BCUT2D eigenvalue weighted by molar-refractivity contribution is 0.0654. The topological polar surface area (TPSA) is 81.2 Å². The number of halogens is 2. The van der Waals surface area contributed by atoms with Crippen LogP contribution in [0.4, 0.5) is 8.78 Å². The molecule has 8 nitrogen and oxygen atoms in total. The number of nitrogens with zero attached hydrogens (tertiary/aromatic N) is 7. The molecule has 0 saturated carbocycles. The zero-order chi connectivity index (χ0) is 19.1. The molecular formula is C17H19F2N7O. The summed E-state index contributed by atoms with van der Waals surface area (Å²) in [5.41, 5.74) is 0.771. The Morgan fingerprint density at radius 3 is 2.85 bits per heavy atom. The fraction of sp³-hybridized carbons (Fsp3) is 0.471. The van der Waals surface area contributed by atoms with Crippen LogP contribution >= 0.6 is 0 Å². The SMILES string of the molecule is CC1CCN(C(=O)c2ccnn2C)C[C@H]1c1cc(C(F)F)nc2ncnn12. The molecule has 4 heterocycles. The second-order valence-electron chi connectivity index (χ2n) is 6.84. The molecule has 1 fully saturated rings. The van der Waals surface area contributed by atoms with Crippen LogP contribution in [0.25, 0.3) is 5.78 Å². The van der Waals surface area contributed by atoms with Crippen LogP contribution in [0.15, 0.2) is 24.7 Å². The van der Waals surface area contributed by atoms with Crippen molar-refractivity contribution in [3.63, 3.8) is 0 Å². The molecule has 1 saturated heterocycles. The van der Waals surface area contributed by atoms with E-state index in [-0.39, 0.29) is 29.2 Å². The van der Waals surface area contributed by atoms with Crippen LogP contribution in [-0.4, -0.2) is 53.3 Å². The second-order valence-corrected chi connectivity index (χ2v) is 6.84. The maximum Gasteiger partial charge on any atom is 0.280 e. The molecule has 2 atom stereocenters. The van der Waals surface area contributed by atoms with E-state index < -0.39 is 6.43 Å². The van der Waals surface area contributed by atoms with Gasteiger partial charge in [-0.15, -0.1) is 0 Å². The third-order valence-corrected chi connectivity index (χ3v) is 5.19. The Bertz CT molecular complexity index is 983. The van der Waals surface area contributed by atoms with E-state index in [1.165, 1.54) is 21.6 Å². The van der Waals surface area contributed by atoms with Crippen LogP contribution in [0.1, 0.15) is 47.6 Å². The number of fused-ring (bicyclic) bond motifs is 1. The van der Waals surface area contributed by atoms with E-state index in [9.17, 15) is 13.6 Å². The molecule has 3 aromatic rings. The smallest absolute Gasteiger partial charge is 0.280 e. The van der Waals surface area contributed by atoms with Crippen molar-refractivity contribution < 1.29 is 13.6 Å². The van der Waals surface area contributed by atoms with Crippen molar-refractivity contribution in [2.24, 2.45) is 13.0 Å². The predicted molar refractivity (Wildman–Crippen MR) is 91.4 cm³/mol. The first-order chi connectivity index (χ1) is 13.0. The number of amides is 1. The number of aromatic nitrogens is 6. The number of alkyl halides is 2. The fourth-order valence-corrected chi connectivity index (χ4v) is 3.61. The minimum absolute atomic E-state index is 0.120. The van der Waals surface area contributed by atoms with Gasteiger partial charge in [0, 0.05) is 32.3 Å². The van der Waals surface area contributed by atoms with Crippen molar-refractivity contribution in [3.8, 4) is 0 Å². The Kier molecular flexibility index (Phi) is 4.33. The summed E-state index contributed by atoms with van der Waals surface area (Å²) in [6, 6.07) is 3.05. The van der Waals surface area contributed by atoms with Gasteiger partial charge in [-0.05, 0) is 24.5 Å². The molecular weight excluding hydrogens is 356 g/mol. The fourth-order valence-electron chi connectivity index (χ4n) is 3.61. The molecule has 0 aromatic carbocycles. The van der Waals surface area contributed by atoms with E-state index in [2.05, 4.69) is 27.1 Å². The number of hydrogen-bond acceptors (Lipinski definition) is 5. The van der Waals surface area contributed by atoms with Gasteiger partial charge in [-0.25, -0.2) is 18.3 Å². The summed E-state index contributed by atoms with van der Waals surface area (Å²) in [4.78, 5) is 22.4. The first kappa shape index (κ1) is 17.5. The third kappa shape index (κ3) is 3.04. The van der Waals surface area contributed by atoms with Crippen LogP contribution in [0.5, 0.6) is 0 Å². The number of carbonyl (C=O) groups is 1. The zero-order valence-corrected chi connectivity index (χ0v) is 15.0. The number of rotatable bonds is 3. The highest BCUT2D eigenvalue weighted by Gasteiger charge is 2.33. The minimum atomic E-state index is -2.70.